The SMILES string of the molecule is O=C(Cn1nnn(-c2cccs2)c1=O)Nc1ccccc1[N+](=O)[O-]. The highest BCUT2D eigenvalue weighted by molar-refractivity contribution is 7.12. The van der Waals surface area contributed by atoms with Gasteiger partial charge in [-0.05, 0) is 34.0 Å². The monoisotopic (exact) mass is 346 g/mol. The minimum Gasteiger partial charge on any atom is -0.319 e. The Morgan fingerprint density at radius 1 is 1.25 bits per heavy atom. The third-order valence-corrected chi connectivity index (χ3v) is 3.87. The number of nitrogens with one attached hydrogen (secondary N) is 1. The first kappa shape index (κ1) is 15.6. The number of para-hydroxylation sites is 2. The van der Waals surface area contributed by atoms with Gasteiger partial charge in [0, 0.05) is 6.07 Å². The van der Waals surface area contributed by atoms with Crippen molar-refractivity contribution in [3.8, 4) is 5.00 Å². The second-order valence-corrected chi connectivity index (χ2v) is 5.53. The van der Waals surface area contributed by atoms with Crippen molar-refractivity contribution in [2.75, 3.05) is 5.32 Å². The van der Waals surface area contributed by atoms with Gasteiger partial charge in [-0.2, -0.15) is 9.36 Å². The molecule has 24 heavy (non-hydrogen) atoms. The fourth-order valence-electron chi connectivity index (χ4n) is 1.97. The van der Waals surface area contributed by atoms with Crippen LogP contribution in [0.15, 0.2) is 46.6 Å². The van der Waals surface area contributed by atoms with Crippen LogP contribution in [0.25, 0.3) is 5.00 Å². The number of rotatable bonds is 5. The molecule has 1 aromatic carbocycles. The number of thiophene rings is 1. The van der Waals surface area contributed by atoms with Gasteiger partial charge in [0.25, 0.3) is 5.69 Å². The van der Waals surface area contributed by atoms with Crippen LogP contribution in [0.2, 0.25) is 0 Å². The zero-order valence-electron chi connectivity index (χ0n) is 12.0. The van der Waals surface area contributed by atoms with Crippen molar-refractivity contribution in [1.82, 2.24) is 19.8 Å². The number of nitrogens with zero attached hydrogens (tertiary/aromatic N) is 5. The summed E-state index contributed by atoms with van der Waals surface area (Å²) >= 11 is 1.30. The van der Waals surface area contributed by atoms with Crippen molar-refractivity contribution in [3.63, 3.8) is 0 Å². The maximum Gasteiger partial charge on any atom is 0.369 e. The number of benzene rings is 1. The van der Waals surface area contributed by atoms with Crippen molar-refractivity contribution in [2.45, 2.75) is 6.54 Å². The molecule has 0 bridgehead atoms. The van der Waals surface area contributed by atoms with Gasteiger partial charge in [0.05, 0.1) is 4.92 Å². The van der Waals surface area contributed by atoms with E-state index in [4.69, 9.17) is 0 Å². The molecule has 3 aromatic rings. The van der Waals surface area contributed by atoms with Crippen LogP contribution in [0.1, 0.15) is 0 Å². The molecular weight excluding hydrogens is 336 g/mol. The quantitative estimate of drug-likeness (QED) is 0.543. The van der Waals surface area contributed by atoms with E-state index >= 15 is 0 Å². The van der Waals surface area contributed by atoms with E-state index in [0.29, 0.717) is 5.00 Å². The Bertz CT molecular complexity index is 946. The number of hydrogen-bond acceptors (Lipinski definition) is 7. The average Bonchev–Trinajstić information content (AvgIpc) is 3.18. The molecular formula is C13H10N6O4S. The molecule has 0 aliphatic heterocycles. The largest absolute Gasteiger partial charge is 0.369 e. The number of nitro benzene ring substituents is 1. The topological polar surface area (TPSA) is 125 Å². The molecule has 11 heteroatoms. The lowest BCUT2D eigenvalue weighted by molar-refractivity contribution is -0.383. The first-order valence-electron chi connectivity index (χ1n) is 6.66. The number of nitro groups is 1. The summed E-state index contributed by atoms with van der Waals surface area (Å²) in [5.41, 5.74) is -0.762. The molecule has 0 saturated heterocycles. The maximum absolute atomic E-state index is 12.1. The number of amides is 1. The fraction of sp³-hybridized carbons (Fsp3) is 0.0769. The third kappa shape index (κ3) is 3.05. The summed E-state index contributed by atoms with van der Waals surface area (Å²) in [4.78, 5) is 34.5. The van der Waals surface area contributed by atoms with Crippen LogP contribution < -0.4 is 11.0 Å². The number of tetrazole rings is 1. The maximum atomic E-state index is 12.1. The van der Waals surface area contributed by atoms with Gasteiger partial charge in [-0.15, -0.1) is 11.3 Å². The highest BCUT2D eigenvalue weighted by atomic mass is 32.1. The van der Waals surface area contributed by atoms with Crippen molar-refractivity contribution >= 4 is 28.6 Å². The van der Waals surface area contributed by atoms with Crippen molar-refractivity contribution < 1.29 is 9.72 Å². The van der Waals surface area contributed by atoms with Gasteiger partial charge in [0.15, 0.2) is 0 Å². The van der Waals surface area contributed by atoms with Crippen molar-refractivity contribution in [2.24, 2.45) is 0 Å². The number of aromatic nitrogens is 4. The number of anilines is 1. The molecule has 1 N–H and O–H groups in total. The van der Waals surface area contributed by atoms with E-state index in [1.54, 1.807) is 23.6 Å². The fourth-order valence-corrected chi connectivity index (χ4v) is 2.63. The molecule has 0 unspecified atom stereocenters. The molecule has 10 nitrogen and oxygen atoms in total. The summed E-state index contributed by atoms with van der Waals surface area (Å²) in [6.07, 6.45) is 0. The summed E-state index contributed by atoms with van der Waals surface area (Å²) in [7, 11) is 0. The second kappa shape index (κ2) is 6.42. The normalized spacial score (nSPS) is 10.5. The van der Waals surface area contributed by atoms with Gasteiger partial charge in [0.2, 0.25) is 5.91 Å². The molecule has 0 aliphatic carbocycles. The highest BCUT2D eigenvalue weighted by Gasteiger charge is 2.17. The number of hydrogen-bond donors (Lipinski definition) is 1. The molecule has 3 rings (SSSR count). The van der Waals surface area contributed by atoms with Crippen LogP contribution in [0.4, 0.5) is 11.4 Å². The molecule has 0 radical (unpaired) electrons. The number of carbonyl (C=O) groups excluding carboxylic acids is 1. The van der Waals surface area contributed by atoms with Crippen LogP contribution in [0.5, 0.6) is 0 Å². The molecule has 122 valence electrons. The second-order valence-electron chi connectivity index (χ2n) is 4.60. The van der Waals surface area contributed by atoms with Crippen LogP contribution in [-0.2, 0) is 11.3 Å². The Morgan fingerprint density at radius 2 is 2.04 bits per heavy atom. The Hall–Kier alpha value is -3.34. The first-order chi connectivity index (χ1) is 11.6. The molecule has 0 saturated carbocycles. The van der Waals surface area contributed by atoms with Crippen molar-refractivity contribution in [1.29, 1.82) is 0 Å². The lowest BCUT2D eigenvalue weighted by Gasteiger charge is -2.04. The van der Waals surface area contributed by atoms with Crippen molar-refractivity contribution in [3.05, 3.63) is 62.4 Å². The Morgan fingerprint density at radius 3 is 2.75 bits per heavy atom. The van der Waals surface area contributed by atoms with Crippen LogP contribution >= 0.6 is 11.3 Å². The summed E-state index contributed by atoms with van der Waals surface area (Å²) in [5.74, 6) is -0.621. The van der Waals surface area contributed by atoms with E-state index in [2.05, 4.69) is 15.7 Å². The van der Waals surface area contributed by atoms with E-state index < -0.39 is 23.1 Å². The van der Waals surface area contributed by atoms with E-state index in [1.165, 1.54) is 29.5 Å². The Kier molecular flexibility index (Phi) is 4.16. The Balaban J connectivity index is 1.77. The molecule has 2 aromatic heterocycles. The highest BCUT2D eigenvalue weighted by Crippen LogP contribution is 2.22. The van der Waals surface area contributed by atoms with Gasteiger partial charge in [-0.25, -0.2) is 4.79 Å². The smallest absolute Gasteiger partial charge is 0.319 e. The predicted octanol–water partition coefficient (Wildman–Crippen LogP) is 1.04. The lowest BCUT2D eigenvalue weighted by Crippen LogP contribution is -2.29. The van der Waals surface area contributed by atoms with Gasteiger partial charge in [0.1, 0.15) is 17.2 Å². The molecule has 2 heterocycles. The molecule has 0 atom stereocenters. The summed E-state index contributed by atoms with van der Waals surface area (Å²) in [6, 6.07) is 9.17. The molecule has 1 amide bonds. The summed E-state index contributed by atoms with van der Waals surface area (Å²) in [5, 5.41) is 23.0. The molecule has 0 aliphatic rings. The van der Waals surface area contributed by atoms with Gasteiger partial charge in [-0.1, -0.05) is 12.1 Å². The van der Waals surface area contributed by atoms with Gasteiger partial charge in [-0.3, -0.25) is 14.9 Å². The number of carbonyl (C=O) groups is 1. The summed E-state index contributed by atoms with van der Waals surface area (Å²) in [6.45, 7) is -0.406. The molecule has 0 fully saturated rings. The predicted molar refractivity (Wildman–Crippen MR) is 85.2 cm³/mol. The zero-order valence-corrected chi connectivity index (χ0v) is 12.8. The van der Waals surface area contributed by atoms with Crippen LogP contribution in [-0.4, -0.2) is 30.6 Å². The van der Waals surface area contributed by atoms with E-state index in [1.807, 2.05) is 0 Å². The minimum absolute atomic E-state index is 0.0474. The Labute approximate surface area is 138 Å². The van der Waals surface area contributed by atoms with Gasteiger partial charge < -0.3 is 5.32 Å². The first-order valence-corrected chi connectivity index (χ1v) is 7.54. The third-order valence-electron chi connectivity index (χ3n) is 3.02. The lowest BCUT2D eigenvalue weighted by atomic mass is 10.2. The van der Waals surface area contributed by atoms with E-state index in [9.17, 15) is 19.7 Å². The summed E-state index contributed by atoms with van der Waals surface area (Å²) < 4.78 is 1.95. The zero-order chi connectivity index (χ0) is 17.1. The average molecular weight is 346 g/mol. The van der Waals surface area contributed by atoms with E-state index in [-0.39, 0.29) is 11.4 Å². The standard InChI is InChI=1S/C13H10N6O4S/c20-11(14-9-4-1-2-5-10(9)19(22)23)8-17-13(21)18(16-15-17)12-6-3-7-24-12/h1-7H,8H2,(H,14,20). The van der Waals surface area contributed by atoms with Crippen LogP contribution in [0, 0.1) is 10.1 Å². The molecule has 0 spiro atoms. The minimum atomic E-state index is -0.621. The van der Waals surface area contributed by atoms with Gasteiger partial charge >= 0.3 is 5.69 Å². The van der Waals surface area contributed by atoms with E-state index in [0.717, 1.165) is 9.36 Å². The van der Waals surface area contributed by atoms with Crippen LogP contribution in [0.3, 0.4) is 0 Å².